The average Bonchev–Trinajstić information content (AvgIpc) is 2.46. The Morgan fingerprint density at radius 2 is 1.24 bits per heavy atom. The summed E-state index contributed by atoms with van der Waals surface area (Å²) < 4.78 is 27.4. The van der Waals surface area contributed by atoms with Gasteiger partial charge in [0.15, 0.2) is 0 Å². The summed E-state index contributed by atoms with van der Waals surface area (Å²) in [4.78, 5) is 21.5. The third-order valence-electron chi connectivity index (χ3n) is 3.51. The standard InChI is InChI=1S/C16H30O6S.2Na.2H/c1-2-3-4-5-6-7-8-9-10-11-14-23(20,21)22-16(19)13-12-15(17)18;;;;/h2-14H2,1H3,(H,17,18);;;;. The zero-order chi connectivity index (χ0) is 17.6. The van der Waals surface area contributed by atoms with E-state index < -0.39 is 34.9 Å². The SMILES string of the molecule is CCCCCCCCCCCCS(=O)(=O)OC(=O)CCC(=O)O.[NaH].[NaH]. The Labute approximate surface area is 196 Å². The summed E-state index contributed by atoms with van der Waals surface area (Å²) in [6.45, 7) is 2.19. The maximum absolute atomic E-state index is 11.5. The molecule has 0 aliphatic heterocycles. The molecule has 0 fully saturated rings. The monoisotopic (exact) mass is 398 g/mol. The summed E-state index contributed by atoms with van der Waals surface area (Å²) in [5.74, 6) is -2.35. The van der Waals surface area contributed by atoms with E-state index in [4.69, 9.17) is 5.11 Å². The van der Waals surface area contributed by atoms with Gasteiger partial charge in [-0.25, -0.2) is 0 Å². The van der Waals surface area contributed by atoms with Crippen molar-refractivity contribution in [2.45, 2.75) is 84.0 Å². The molecule has 9 heteroatoms. The number of carboxylic acids is 1. The van der Waals surface area contributed by atoms with E-state index in [1.807, 2.05) is 0 Å². The molecule has 0 aliphatic rings. The molecule has 0 rings (SSSR count). The molecule has 0 aromatic carbocycles. The van der Waals surface area contributed by atoms with Crippen LogP contribution in [0.3, 0.4) is 0 Å². The van der Waals surface area contributed by atoms with Crippen LogP contribution in [0.15, 0.2) is 0 Å². The molecule has 1 N–H and O–H groups in total. The maximum atomic E-state index is 11.5. The van der Waals surface area contributed by atoms with Crippen LogP contribution in [0.25, 0.3) is 0 Å². The van der Waals surface area contributed by atoms with Crippen molar-refractivity contribution in [3.8, 4) is 0 Å². The normalized spacial score (nSPS) is 10.4. The first-order valence-corrected chi connectivity index (χ1v) is 10.1. The molecule has 0 saturated carbocycles. The van der Waals surface area contributed by atoms with Gasteiger partial charge in [-0.05, 0) is 6.42 Å². The molecule has 0 amide bonds. The zero-order valence-corrected chi connectivity index (χ0v) is 14.9. The summed E-state index contributed by atoms with van der Waals surface area (Å²) in [5.41, 5.74) is 0. The van der Waals surface area contributed by atoms with Crippen LogP contribution in [0.2, 0.25) is 0 Å². The van der Waals surface area contributed by atoms with Crippen molar-refractivity contribution >= 4 is 81.2 Å². The minimum atomic E-state index is -3.88. The quantitative estimate of drug-likeness (QED) is 0.258. The molecule has 0 saturated heterocycles. The van der Waals surface area contributed by atoms with Crippen LogP contribution in [0.1, 0.15) is 84.0 Å². The van der Waals surface area contributed by atoms with Gasteiger partial charge in [0.2, 0.25) is 0 Å². The van der Waals surface area contributed by atoms with Crippen molar-refractivity contribution in [1.29, 1.82) is 0 Å². The second kappa shape index (κ2) is 19.6. The van der Waals surface area contributed by atoms with E-state index in [9.17, 15) is 18.0 Å². The van der Waals surface area contributed by atoms with Crippen molar-refractivity contribution in [1.82, 2.24) is 0 Å². The van der Waals surface area contributed by atoms with Crippen LogP contribution in [0.5, 0.6) is 0 Å². The van der Waals surface area contributed by atoms with Gasteiger partial charge in [-0.3, -0.25) is 9.59 Å². The molecule has 0 spiro atoms. The van der Waals surface area contributed by atoms with Gasteiger partial charge in [0.25, 0.3) is 0 Å². The van der Waals surface area contributed by atoms with E-state index in [1.165, 1.54) is 38.5 Å². The second-order valence-electron chi connectivity index (χ2n) is 5.79. The van der Waals surface area contributed by atoms with Gasteiger partial charge in [-0.1, -0.05) is 64.7 Å². The fourth-order valence-corrected chi connectivity index (χ4v) is 3.21. The Kier molecular flexibility index (Phi) is 24.1. The predicted octanol–water partition coefficient (Wildman–Crippen LogP) is 2.35. The van der Waals surface area contributed by atoms with E-state index in [0.717, 1.165) is 19.3 Å². The number of hydrogen-bond acceptors (Lipinski definition) is 5. The summed E-state index contributed by atoms with van der Waals surface area (Å²) in [5, 5.41) is 8.41. The Bertz CT molecular complexity index is 440. The Balaban J connectivity index is -0.00000242. The molecule has 0 aromatic heterocycles. The van der Waals surface area contributed by atoms with Crippen LogP contribution in [-0.2, 0) is 23.9 Å². The molecule has 140 valence electrons. The number of carboxylic acid groups (broad SMARTS) is 1. The van der Waals surface area contributed by atoms with Crippen LogP contribution in [0.4, 0.5) is 0 Å². The number of carbonyl (C=O) groups excluding carboxylic acids is 1. The molecule has 0 aromatic rings. The van der Waals surface area contributed by atoms with E-state index in [-0.39, 0.29) is 64.9 Å². The number of aliphatic carboxylic acids is 1. The van der Waals surface area contributed by atoms with Gasteiger partial charge in [0.1, 0.15) is 0 Å². The fraction of sp³-hybridized carbons (Fsp3) is 0.875. The first-order chi connectivity index (χ1) is 10.9. The molecule has 0 bridgehead atoms. The zero-order valence-electron chi connectivity index (χ0n) is 14.1. The molecule has 0 aliphatic carbocycles. The Morgan fingerprint density at radius 3 is 1.68 bits per heavy atom. The fourth-order valence-electron chi connectivity index (χ4n) is 2.20. The Hall–Kier alpha value is 0.890. The first kappa shape index (κ1) is 30.6. The minimum absolute atomic E-state index is 0. The van der Waals surface area contributed by atoms with E-state index in [1.54, 1.807) is 0 Å². The molecular formula is C16H32Na2O6S. The van der Waals surface area contributed by atoms with Crippen LogP contribution >= 0.6 is 0 Å². The van der Waals surface area contributed by atoms with Crippen molar-refractivity contribution in [3.05, 3.63) is 0 Å². The number of rotatable bonds is 15. The van der Waals surface area contributed by atoms with E-state index in [0.29, 0.717) is 6.42 Å². The number of carbonyl (C=O) groups is 2. The molecule has 0 unspecified atom stereocenters. The van der Waals surface area contributed by atoms with E-state index >= 15 is 0 Å². The summed E-state index contributed by atoms with van der Waals surface area (Å²) in [7, 11) is -3.88. The predicted molar refractivity (Wildman–Crippen MR) is 103 cm³/mol. The van der Waals surface area contributed by atoms with Gasteiger partial charge < -0.3 is 9.29 Å². The molecule has 6 nitrogen and oxygen atoms in total. The van der Waals surface area contributed by atoms with Crippen molar-refractivity contribution in [3.63, 3.8) is 0 Å². The van der Waals surface area contributed by atoms with Crippen LogP contribution in [0, 0.1) is 0 Å². The van der Waals surface area contributed by atoms with Crippen molar-refractivity contribution < 1.29 is 27.3 Å². The number of unbranched alkanes of at least 4 members (excludes halogenated alkanes) is 9. The van der Waals surface area contributed by atoms with E-state index in [2.05, 4.69) is 11.1 Å². The molecular weight excluding hydrogens is 366 g/mol. The third-order valence-corrected chi connectivity index (χ3v) is 4.74. The van der Waals surface area contributed by atoms with Crippen molar-refractivity contribution in [2.24, 2.45) is 0 Å². The topological polar surface area (TPSA) is 97.7 Å². The summed E-state index contributed by atoms with van der Waals surface area (Å²) in [6, 6.07) is 0. The van der Waals surface area contributed by atoms with Gasteiger partial charge in [-0.2, -0.15) is 8.42 Å². The number of hydrogen-bond donors (Lipinski definition) is 1. The van der Waals surface area contributed by atoms with Gasteiger partial charge in [-0.15, -0.1) is 0 Å². The van der Waals surface area contributed by atoms with Crippen LogP contribution in [-0.4, -0.2) is 90.3 Å². The second-order valence-corrected chi connectivity index (χ2v) is 7.48. The van der Waals surface area contributed by atoms with Gasteiger partial charge in [0, 0.05) is 0 Å². The Morgan fingerprint density at radius 1 is 0.800 bits per heavy atom. The summed E-state index contributed by atoms with van der Waals surface area (Å²) >= 11 is 0. The average molecular weight is 398 g/mol. The molecule has 0 atom stereocenters. The molecule has 0 heterocycles. The third kappa shape index (κ3) is 22.8. The molecule has 25 heavy (non-hydrogen) atoms. The summed E-state index contributed by atoms with van der Waals surface area (Å²) in [6.07, 6.45) is 10.0. The van der Waals surface area contributed by atoms with Crippen LogP contribution < -0.4 is 0 Å². The first-order valence-electron chi connectivity index (χ1n) is 8.54. The van der Waals surface area contributed by atoms with Gasteiger partial charge >= 0.3 is 81.2 Å². The molecule has 0 radical (unpaired) electrons. The van der Waals surface area contributed by atoms with Crippen molar-refractivity contribution in [2.75, 3.05) is 5.75 Å². The van der Waals surface area contributed by atoms with Gasteiger partial charge in [0.05, 0.1) is 18.6 Å².